The molecule has 1 aromatic heterocycles. The Labute approximate surface area is 119 Å². The third-order valence-corrected chi connectivity index (χ3v) is 4.71. The Morgan fingerprint density at radius 3 is 2.65 bits per heavy atom. The summed E-state index contributed by atoms with van der Waals surface area (Å²) in [5.41, 5.74) is 2.53. The molecule has 1 aromatic carbocycles. The van der Waals surface area contributed by atoms with E-state index in [1.807, 2.05) is 23.3 Å². The van der Waals surface area contributed by atoms with E-state index in [9.17, 15) is 0 Å². The van der Waals surface area contributed by atoms with Gasteiger partial charge in [-0.15, -0.1) is 0 Å². The fraction of sp³-hybridized carbons (Fsp3) is 0.438. The molecule has 4 rings (SSSR count). The maximum Gasteiger partial charge on any atom is 0.0991 e. The van der Waals surface area contributed by atoms with E-state index in [4.69, 9.17) is 0 Å². The van der Waals surface area contributed by atoms with Crippen molar-refractivity contribution in [3.8, 4) is 5.69 Å². The summed E-state index contributed by atoms with van der Waals surface area (Å²) in [6.45, 7) is 3.66. The second-order valence-corrected chi connectivity index (χ2v) is 6.02. The predicted molar refractivity (Wildman–Crippen MR) is 80.3 cm³/mol. The third-order valence-electron chi connectivity index (χ3n) is 4.71. The number of anilines is 1. The summed E-state index contributed by atoms with van der Waals surface area (Å²) in [7, 11) is 2.23. The maximum atomic E-state index is 4.10. The van der Waals surface area contributed by atoms with E-state index in [1.165, 1.54) is 37.4 Å². The van der Waals surface area contributed by atoms with Crippen molar-refractivity contribution in [3.05, 3.63) is 43.0 Å². The summed E-state index contributed by atoms with van der Waals surface area (Å²) >= 11 is 0. The summed E-state index contributed by atoms with van der Waals surface area (Å²) in [5.74, 6) is 0.855. The molecule has 4 nitrogen and oxygen atoms in total. The number of benzene rings is 1. The van der Waals surface area contributed by atoms with Crippen LogP contribution in [0.3, 0.4) is 0 Å². The number of hydrogen-bond acceptors (Lipinski definition) is 3. The quantitative estimate of drug-likeness (QED) is 0.833. The van der Waals surface area contributed by atoms with Gasteiger partial charge < -0.3 is 14.4 Å². The number of nitrogens with zero attached hydrogens (tertiary/aromatic N) is 4. The molecule has 0 saturated carbocycles. The molecule has 0 aliphatic carbocycles. The van der Waals surface area contributed by atoms with E-state index < -0.39 is 0 Å². The van der Waals surface area contributed by atoms with Crippen LogP contribution in [-0.4, -0.2) is 47.2 Å². The average molecular weight is 268 g/mol. The van der Waals surface area contributed by atoms with Crippen LogP contribution < -0.4 is 4.90 Å². The zero-order valence-corrected chi connectivity index (χ0v) is 11.8. The van der Waals surface area contributed by atoms with Gasteiger partial charge in [-0.3, -0.25) is 0 Å². The Morgan fingerprint density at radius 1 is 1.10 bits per heavy atom. The molecular formula is C16H20N4. The third kappa shape index (κ3) is 1.91. The molecule has 0 unspecified atom stereocenters. The monoisotopic (exact) mass is 268 g/mol. The van der Waals surface area contributed by atoms with Crippen LogP contribution in [0.25, 0.3) is 5.69 Å². The van der Waals surface area contributed by atoms with Crippen LogP contribution in [0, 0.1) is 5.92 Å². The van der Waals surface area contributed by atoms with Crippen LogP contribution in [0.4, 0.5) is 5.69 Å². The molecule has 20 heavy (non-hydrogen) atoms. The lowest BCUT2D eigenvalue weighted by Crippen LogP contribution is -2.34. The van der Waals surface area contributed by atoms with Crippen molar-refractivity contribution >= 4 is 5.69 Å². The first-order chi connectivity index (χ1) is 9.81. The van der Waals surface area contributed by atoms with Gasteiger partial charge in [0, 0.05) is 49.4 Å². The Morgan fingerprint density at radius 2 is 1.90 bits per heavy atom. The van der Waals surface area contributed by atoms with Gasteiger partial charge in [0.1, 0.15) is 0 Å². The lowest BCUT2D eigenvalue weighted by molar-refractivity contribution is 0.386. The highest BCUT2D eigenvalue weighted by Gasteiger charge is 2.39. The molecule has 104 valence electrons. The molecule has 2 atom stereocenters. The molecule has 0 spiro atoms. The first-order valence-electron chi connectivity index (χ1n) is 7.35. The number of rotatable bonds is 2. The van der Waals surface area contributed by atoms with Crippen molar-refractivity contribution in [2.24, 2.45) is 5.92 Å². The van der Waals surface area contributed by atoms with E-state index >= 15 is 0 Å². The first kappa shape index (κ1) is 12.0. The summed E-state index contributed by atoms with van der Waals surface area (Å²) in [6, 6.07) is 9.57. The van der Waals surface area contributed by atoms with E-state index in [2.05, 4.69) is 46.1 Å². The zero-order valence-electron chi connectivity index (χ0n) is 11.8. The number of fused-ring (bicyclic) bond motifs is 1. The van der Waals surface area contributed by atoms with Gasteiger partial charge in [0.15, 0.2) is 0 Å². The molecule has 0 N–H and O–H groups in total. The summed E-state index contributed by atoms with van der Waals surface area (Å²) in [6.07, 6.45) is 6.96. The Balaban J connectivity index is 1.57. The van der Waals surface area contributed by atoms with Crippen molar-refractivity contribution < 1.29 is 0 Å². The number of likely N-dealkylation sites (N-methyl/N-ethyl adjacent to an activating group) is 1. The maximum absolute atomic E-state index is 4.10. The van der Waals surface area contributed by atoms with Crippen molar-refractivity contribution in [3.63, 3.8) is 0 Å². The van der Waals surface area contributed by atoms with Crippen LogP contribution in [0.5, 0.6) is 0 Å². The van der Waals surface area contributed by atoms with Crippen molar-refractivity contribution in [2.75, 3.05) is 31.6 Å². The van der Waals surface area contributed by atoms with E-state index in [0.717, 1.165) is 5.92 Å². The van der Waals surface area contributed by atoms with Gasteiger partial charge in [-0.1, -0.05) is 0 Å². The minimum absolute atomic E-state index is 0.707. The molecule has 2 saturated heterocycles. The standard InChI is InChI=1S/C16H20N4/c1-18-10-13-6-8-20(16(13)11-18)15-4-2-14(3-5-15)19-9-7-17-12-19/h2-5,7,9,12-13,16H,6,8,10-11H2,1H3/t13-,16+/m1/s1. The zero-order chi connectivity index (χ0) is 13.5. The van der Waals surface area contributed by atoms with Crippen molar-refractivity contribution in [1.29, 1.82) is 0 Å². The lowest BCUT2D eigenvalue weighted by atomic mass is 10.0. The van der Waals surface area contributed by atoms with Crippen molar-refractivity contribution in [1.82, 2.24) is 14.5 Å². The summed E-state index contributed by atoms with van der Waals surface area (Å²) in [4.78, 5) is 9.15. The molecule has 0 amide bonds. The van der Waals surface area contributed by atoms with Crippen LogP contribution in [0.2, 0.25) is 0 Å². The second-order valence-electron chi connectivity index (χ2n) is 6.02. The highest BCUT2D eigenvalue weighted by molar-refractivity contribution is 5.53. The molecule has 3 heterocycles. The van der Waals surface area contributed by atoms with Crippen LogP contribution in [-0.2, 0) is 0 Å². The highest BCUT2D eigenvalue weighted by Crippen LogP contribution is 2.34. The SMILES string of the molecule is CN1C[C@H]2CCN(c3ccc(-n4ccnc4)cc3)[C@H]2C1. The fourth-order valence-electron chi connectivity index (χ4n) is 3.72. The number of imidazole rings is 1. The Bertz CT molecular complexity index is 575. The molecule has 2 aliphatic rings. The number of hydrogen-bond donors (Lipinski definition) is 0. The van der Waals surface area contributed by atoms with Crippen LogP contribution >= 0.6 is 0 Å². The smallest absolute Gasteiger partial charge is 0.0991 e. The van der Waals surface area contributed by atoms with Gasteiger partial charge in [-0.25, -0.2) is 4.98 Å². The topological polar surface area (TPSA) is 24.3 Å². The molecule has 2 fully saturated rings. The molecule has 2 aliphatic heterocycles. The highest BCUT2D eigenvalue weighted by atomic mass is 15.3. The van der Waals surface area contributed by atoms with E-state index in [1.54, 1.807) is 0 Å². The molecule has 0 bridgehead atoms. The minimum atomic E-state index is 0.707. The van der Waals surface area contributed by atoms with Gasteiger partial charge in [0.25, 0.3) is 0 Å². The summed E-state index contributed by atoms with van der Waals surface area (Å²) < 4.78 is 2.04. The normalized spacial score (nSPS) is 26.1. The van der Waals surface area contributed by atoms with E-state index in [-0.39, 0.29) is 0 Å². The summed E-state index contributed by atoms with van der Waals surface area (Å²) in [5, 5.41) is 0. The second kappa shape index (κ2) is 4.63. The number of likely N-dealkylation sites (tertiary alicyclic amines) is 1. The van der Waals surface area contributed by atoms with Gasteiger partial charge in [-0.05, 0) is 43.7 Å². The fourth-order valence-corrected chi connectivity index (χ4v) is 3.72. The van der Waals surface area contributed by atoms with Gasteiger partial charge in [0.05, 0.1) is 6.33 Å². The Kier molecular flexibility index (Phi) is 2.77. The largest absolute Gasteiger partial charge is 0.367 e. The first-order valence-corrected chi connectivity index (χ1v) is 7.35. The van der Waals surface area contributed by atoms with Crippen LogP contribution in [0.15, 0.2) is 43.0 Å². The molecular weight excluding hydrogens is 248 g/mol. The predicted octanol–water partition coefficient (Wildman–Crippen LogP) is 2.01. The lowest BCUT2D eigenvalue weighted by Gasteiger charge is -2.26. The van der Waals surface area contributed by atoms with Crippen LogP contribution in [0.1, 0.15) is 6.42 Å². The van der Waals surface area contributed by atoms with Gasteiger partial charge in [0.2, 0.25) is 0 Å². The van der Waals surface area contributed by atoms with E-state index in [0.29, 0.717) is 6.04 Å². The van der Waals surface area contributed by atoms with Gasteiger partial charge >= 0.3 is 0 Å². The average Bonchev–Trinajstić information content (AvgIpc) is 3.15. The Hall–Kier alpha value is -1.81. The molecule has 2 aromatic rings. The molecule has 4 heteroatoms. The van der Waals surface area contributed by atoms with Gasteiger partial charge in [-0.2, -0.15) is 0 Å². The van der Waals surface area contributed by atoms with Crippen molar-refractivity contribution in [2.45, 2.75) is 12.5 Å². The molecule has 0 radical (unpaired) electrons. The number of aromatic nitrogens is 2. The minimum Gasteiger partial charge on any atom is -0.367 e.